The minimum atomic E-state index is -0.700. The van der Waals surface area contributed by atoms with Crippen LogP contribution in [0.25, 0.3) is 0 Å². The van der Waals surface area contributed by atoms with E-state index in [9.17, 15) is 14.0 Å². The molecule has 2 aromatic carbocycles. The molecule has 126 valence electrons. The Hall–Kier alpha value is -2.69. The van der Waals surface area contributed by atoms with Crippen LogP contribution in [0.2, 0.25) is 0 Å². The molecule has 24 heavy (non-hydrogen) atoms. The molecule has 0 saturated heterocycles. The predicted molar refractivity (Wildman–Crippen MR) is 90.7 cm³/mol. The normalized spacial score (nSPS) is 11.0. The minimum absolute atomic E-state index is 0.0653. The van der Waals surface area contributed by atoms with E-state index in [0.29, 0.717) is 11.1 Å². The van der Waals surface area contributed by atoms with Crippen molar-refractivity contribution in [3.05, 3.63) is 65.0 Å². The van der Waals surface area contributed by atoms with Gasteiger partial charge in [0.2, 0.25) is 0 Å². The first-order valence-electron chi connectivity index (χ1n) is 7.60. The van der Waals surface area contributed by atoms with Crippen molar-refractivity contribution in [2.75, 3.05) is 5.32 Å². The van der Waals surface area contributed by atoms with Crippen LogP contribution in [0.1, 0.15) is 47.1 Å². The van der Waals surface area contributed by atoms with Crippen LogP contribution >= 0.6 is 0 Å². The van der Waals surface area contributed by atoms with Crippen molar-refractivity contribution in [2.45, 2.75) is 32.9 Å². The van der Waals surface area contributed by atoms with Gasteiger partial charge in [-0.25, -0.2) is 9.18 Å². The molecular formula is C19H20FNO3. The summed E-state index contributed by atoms with van der Waals surface area (Å²) in [5, 5.41) is 3.11. The monoisotopic (exact) mass is 329 g/mol. The fourth-order valence-corrected chi connectivity index (χ4v) is 2.15. The molecule has 0 saturated carbocycles. The fraction of sp³-hybridized carbons (Fsp3) is 0.263. The number of carbonyl (C=O) groups excluding carboxylic acids is 2. The molecule has 5 heteroatoms. The van der Waals surface area contributed by atoms with Crippen LogP contribution in [-0.4, -0.2) is 17.9 Å². The first-order valence-corrected chi connectivity index (χ1v) is 7.60. The summed E-state index contributed by atoms with van der Waals surface area (Å²) in [6, 6.07) is 11.3. The lowest BCUT2D eigenvalue weighted by Gasteiger charge is -2.21. The van der Waals surface area contributed by atoms with Gasteiger partial charge in [0.25, 0.3) is 0 Å². The summed E-state index contributed by atoms with van der Waals surface area (Å²) >= 11 is 0. The van der Waals surface area contributed by atoms with Gasteiger partial charge in [-0.1, -0.05) is 12.1 Å². The molecule has 0 heterocycles. The zero-order valence-electron chi connectivity index (χ0n) is 13.9. The van der Waals surface area contributed by atoms with Gasteiger partial charge in [0, 0.05) is 17.8 Å². The number of benzene rings is 2. The smallest absolute Gasteiger partial charge is 0.341 e. The van der Waals surface area contributed by atoms with Crippen molar-refractivity contribution in [3.63, 3.8) is 0 Å². The molecule has 0 atom stereocenters. The van der Waals surface area contributed by atoms with E-state index in [4.69, 9.17) is 4.74 Å². The highest BCUT2D eigenvalue weighted by Crippen LogP contribution is 2.20. The van der Waals surface area contributed by atoms with Crippen LogP contribution in [0.4, 0.5) is 10.1 Å². The Kier molecular flexibility index (Phi) is 5.34. The average molecular weight is 329 g/mol. The summed E-state index contributed by atoms with van der Waals surface area (Å²) in [4.78, 5) is 22.9. The van der Waals surface area contributed by atoms with Gasteiger partial charge < -0.3 is 10.1 Å². The Morgan fingerprint density at radius 1 is 1.17 bits per heavy atom. The van der Waals surface area contributed by atoms with Crippen molar-refractivity contribution in [1.29, 1.82) is 0 Å². The number of hydrogen-bond donors (Lipinski definition) is 1. The van der Waals surface area contributed by atoms with Gasteiger partial charge in [0.05, 0.1) is 0 Å². The number of halogens is 1. The molecule has 0 radical (unpaired) electrons. The third kappa shape index (κ3) is 4.65. The molecular weight excluding hydrogens is 309 g/mol. The van der Waals surface area contributed by atoms with E-state index in [1.54, 1.807) is 57.2 Å². The summed E-state index contributed by atoms with van der Waals surface area (Å²) in [6.45, 7) is 5.46. The van der Waals surface area contributed by atoms with Gasteiger partial charge in [-0.3, -0.25) is 4.79 Å². The summed E-state index contributed by atoms with van der Waals surface area (Å²) in [6.07, 6.45) is 0.761. The van der Waals surface area contributed by atoms with E-state index in [-0.39, 0.29) is 12.1 Å². The first kappa shape index (κ1) is 17.7. The van der Waals surface area contributed by atoms with Crippen LogP contribution in [0, 0.1) is 5.82 Å². The lowest BCUT2D eigenvalue weighted by molar-refractivity contribution is 0.00635. The SMILES string of the molecule is CC(C)(C)OC(=O)c1c(F)cccc1CNc1ccc(C=O)cc1. The van der Waals surface area contributed by atoms with Crippen LogP contribution in [0.5, 0.6) is 0 Å². The van der Waals surface area contributed by atoms with Gasteiger partial charge >= 0.3 is 5.97 Å². The van der Waals surface area contributed by atoms with Gasteiger partial charge in [-0.05, 0) is 56.7 Å². The third-order valence-corrected chi connectivity index (χ3v) is 3.23. The summed E-state index contributed by atoms with van der Waals surface area (Å²) in [7, 11) is 0. The number of esters is 1. The van der Waals surface area contributed by atoms with Crippen molar-refractivity contribution >= 4 is 17.9 Å². The second kappa shape index (κ2) is 7.25. The Bertz CT molecular complexity index is 733. The molecule has 0 aromatic heterocycles. The summed E-state index contributed by atoms with van der Waals surface area (Å²) in [5.41, 5.74) is 1.07. The van der Waals surface area contributed by atoms with E-state index in [1.807, 2.05) is 0 Å². The van der Waals surface area contributed by atoms with E-state index < -0.39 is 17.4 Å². The molecule has 2 aromatic rings. The quantitative estimate of drug-likeness (QED) is 0.659. The molecule has 0 fully saturated rings. The molecule has 0 unspecified atom stereocenters. The van der Waals surface area contributed by atoms with Crippen molar-refractivity contribution < 1.29 is 18.7 Å². The Balaban J connectivity index is 2.19. The lowest BCUT2D eigenvalue weighted by Crippen LogP contribution is -2.25. The summed E-state index contributed by atoms with van der Waals surface area (Å²) < 4.78 is 19.4. The molecule has 4 nitrogen and oxygen atoms in total. The van der Waals surface area contributed by atoms with Crippen LogP contribution in [-0.2, 0) is 11.3 Å². The van der Waals surface area contributed by atoms with Crippen LogP contribution in [0.3, 0.4) is 0 Å². The second-order valence-electron chi connectivity index (χ2n) is 6.37. The number of rotatable bonds is 5. The molecule has 0 aliphatic heterocycles. The number of anilines is 1. The van der Waals surface area contributed by atoms with E-state index in [0.717, 1.165) is 12.0 Å². The molecule has 0 bridgehead atoms. The number of aldehydes is 1. The molecule has 2 rings (SSSR count). The molecule has 0 spiro atoms. The number of nitrogens with one attached hydrogen (secondary N) is 1. The van der Waals surface area contributed by atoms with Gasteiger partial charge in [-0.15, -0.1) is 0 Å². The van der Waals surface area contributed by atoms with E-state index >= 15 is 0 Å². The zero-order chi connectivity index (χ0) is 17.7. The van der Waals surface area contributed by atoms with Crippen molar-refractivity contribution in [1.82, 2.24) is 0 Å². The Labute approximate surface area is 140 Å². The standard InChI is InChI=1S/C19H20FNO3/c1-19(2,3)24-18(23)17-14(5-4-6-16(17)20)11-21-15-9-7-13(12-22)8-10-15/h4-10,12,21H,11H2,1-3H3. The van der Waals surface area contributed by atoms with Gasteiger partial charge in [0.1, 0.15) is 23.3 Å². The van der Waals surface area contributed by atoms with E-state index in [2.05, 4.69) is 5.32 Å². The highest BCUT2D eigenvalue weighted by atomic mass is 19.1. The number of hydrogen-bond acceptors (Lipinski definition) is 4. The molecule has 0 amide bonds. The average Bonchev–Trinajstić information content (AvgIpc) is 2.51. The number of carbonyl (C=O) groups is 2. The Morgan fingerprint density at radius 2 is 1.83 bits per heavy atom. The maximum Gasteiger partial charge on any atom is 0.341 e. The van der Waals surface area contributed by atoms with Gasteiger partial charge in [0.15, 0.2) is 0 Å². The predicted octanol–water partition coefficient (Wildman–Crippen LogP) is 4.21. The third-order valence-electron chi connectivity index (χ3n) is 3.23. The highest BCUT2D eigenvalue weighted by Gasteiger charge is 2.23. The van der Waals surface area contributed by atoms with Crippen LogP contribution in [0.15, 0.2) is 42.5 Å². The maximum atomic E-state index is 14.1. The second-order valence-corrected chi connectivity index (χ2v) is 6.37. The largest absolute Gasteiger partial charge is 0.456 e. The Morgan fingerprint density at radius 3 is 2.42 bits per heavy atom. The number of ether oxygens (including phenoxy) is 1. The summed E-state index contributed by atoms with van der Waals surface area (Å²) in [5.74, 6) is -1.30. The molecule has 1 N–H and O–H groups in total. The zero-order valence-corrected chi connectivity index (χ0v) is 13.9. The van der Waals surface area contributed by atoms with Gasteiger partial charge in [-0.2, -0.15) is 0 Å². The first-order chi connectivity index (χ1) is 11.3. The van der Waals surface area contributed by atoms with E-state index in [1.165, 1.54) is 6.07 Å². The van der Waals surface area contributed by atoms with Crippen molar-refractivity contribution in [3.8, 4) is 0 Å². The topological polar surface area (TPSA) is 55.4 Å². The highest BCUT2D eigenvalue weighted by molar-refractivity contribution is 5.91. The van der Waals surface area contributed by atoms with Crippen molar-refractivity contribution in [2.24, 2.45) is 0 Å². The molecule has 0 aliphatic carbocycles. The minimum Gasteiger partial charge on any atom is -0.456 e. The van der Waals surface area contributed by atoms with Crippen LogP contribution < -0.4 is 5.32 Å². The lowest BCUT2D eigenvalue weighted by atomic mass is 10.1. The molecule has 0 aliphatic rings. The maximum absolute atomic E-state index is 14.1. The fourth-order valence-electron chi connectivity index (χ4n) is 2.15.